The van der Waals surface area contributed by atoms with Crippen molar-refractivity contribution in [1.29, 1.82) is 0 Å². The summed E-state index contributed by atoms with van der Waals surface area (Å²) in [5, 5.41) is -0.519. The Kier molecular flexibility index (Phi) is 5.17. The van der Waals surface area contributed by atoms with Gasteiger partial charge >= 0.3 is 0 Å². The maximum Gasteiger partial charge on any atom is 0.182 e. The van der Waals surface area contributed by atoms with E-state index < -0.39 is 16.2 Å². The van der Waals surface area contributed by atoms with E-state index in [1.807, 2.05) is 26.8 Å². The lowest BCUT2D eigenvalue weighted by Gasteiger charge is -2.17. The van der Waals surface area contributed by atoms with Crippen molar-refractivity contribution < 1.29 is 9.00 Å². The van der Waals surface area contributed by atoms with E-state index in [4.69, 9.17) is 11.6 Å². The second-order valence-corrected chi connectivity index (χ2v) is 6.86. The van der Waals surface area contributed by atoms with Crippen molar-refractivity contribution in [3.8, 4) is 0 Å². The monoisotopic (exact) mass is 289 g/mol. The third-order valence-electron chi connectivity index (χ3n) is 3.03. The standard InChI is InChI=1S/C13H20ClNO2S/c1-8-6-12(13(16)10(3)14)11(4)15(8)9(2)7-18(5)17/h6,9-10H,7H2,1-5H3. The highest BCUT2D eigenvalue weighted by Gasteiger charge is 2.21. The number of nitrogens with zero attached hydrogens (tertiary/aromatic N) is 1. The number of carbonyl (C=O) groups is 1. The van der Waals surface area contributed by atoms with E-state index >= 15 is 0 Å². The van der Waals surface area contributed by atoms with Crippen LogP contribution < -0.4 is 0 Å². The van der Waals surface area contributed by atoms with E-state index in [0.717, 1.165) is 11.4 Å². The first-order chi connectivity index (χ1) is 8.25. The van der Waals surface area contributed by atoms with Gasteiger partial charge < -0.3 is 4.57 Å². The van der Waals surface area contributed by atoms with E-state index in [0.29, 0.717) is 11.3 Å². The van der Waals surface area contributed by atoms with Crippen LogP contribution in [0.1, 0.15) is 41.6 Å². The zero-order chi connectivity index (χ0) is 14.0. The topological polar surface area (TPSA) is 39.1 Å². The molecule has 3 unspecified atom stereocenters. The zero-order valence-corrected chi connectivity index (χ0v) is 13.1. The maximum atomic E-state index is 12.0. The van der Waals surface area contributed by atoms with E-state index in [-0.39, 0.29) is 11.8 Å². The number of carbonyl (C=O) groups excluding carboxylic acids is 1. The lowest BCUT2D eigenvalue weighted by atomic mass is 10.1. The third kappa shape index (κ3) is 3.23. The maximum absolute atomic E-state index is 12.0. The Bertz CT molecular complexity index is 480. The first-order valence-corrected chi connectivity index (χ1v) is 8.08. The van der Waals surface area contributed by atoms with Gasteiger partial charge in [-0.15, -0.1) is 11.6 Å². The summed E-state index contributed by atoms with van der Waals surface area (Å²) in [6.45, 7) is 7.56. The Morgan fingerprint density at radius 2 is 2.00 bits per heavy atom. The van der Waals surface area contributed by atoms with Gasteiger partial charge in [0.15, 0.2) is 5.78 Å². The minimum Gasteiger partial charge on any atom is -0.345 e. The van der Waals surface area contributed by atoms with E-state index in [2.05, 4.69) is 4.57 Å². The van der Waals surface area contributed by atoms with Crippen molar-refractivity contribution in [2.45, 2.75) is 39.1 Å². The van der Waals surface area contributed by atoms with Crippen molar-refractivity contribution in [3.63, 3.8) is 0 Å². The van der Waals surface area contributed by atoms with Crippen LogP contribution in [0.5, 0.6) is 0 Å². The van der Waals surface area contributed by atoms with Gasteiger partial charge in [-0.25, -0.2) is 0 Å². The van der Waals surface area contributed by atoms with Gasteiger partial charge in [0.1, 0.15) is 0 Å². The largest absolute Gasteiger partial charge is 0.345 e. The molecule has 0 spiro atoms. The summed E-state index contributed by atoms with van der Waals surface area (Å²) < 4.78 is 13.4. The quantitative estimate of drug-likeness (QED) is 0.618. The molecule has 5 heteroatoms. The summed E-state index contributed by atoms with van der Waals surface area (Å²) in [5.74, 6) is 0.529. The Balaban J connectivity index is 3.16. The van der Waals surface area contributed by atoms with Crippen molar-refractivity contribution in [2.24, 2.45) is 0 Å². The van der Waals surface area contributed by atoms with E-state index in [1.165, 1.54) is 0 Å². The summed E-state index contributed by atoms with van der Waals surface area (Å²) >= 11 is 5.85. The molecule has 1 heterocycles. The van der Waals surface area contributed by atoms with Crippen molar-refractivity contribution in [1.82, 2.24) is 4.57 Å². The predicted octanol–water partition coefficient (Wildman–Crippen LogP) is 2.85. The molecule has 0 N–H and O–H groups in total. The van der Waals surface area contributed by atoms with Gasteiger partial charge in [0.25, 0.3) is 0 Å². The van der Waals surface area contributed by atoms with Crippen LogP contribution in [0.25, 0.3) is 0 Å². The molecule has 0 bridgehead atoms. The molecule has 0 aliphatic carbocycles. The molecular weight excluding hydrogens is 270 g/mol. The Morgan fingerprint density at radius 3 is 2.44 bits per heavy atom. The molecule has 0 saturated heterocycles. The van der Waals surface area contributed by atoms with Crippen molar-refractivity contribution >= 4 is 28.2 Å². The number of aryl methyl sites for hydroxylation is 1. The Morgan fingerprint density at radius 1 is 1.44 bits per heavy atom. The summed E-state index contributed by atoms with van der Waals surface area (Å²) in [4.78, 5) is 12.0. The minimum atomic E-state index is -0.855. The summed E-state index contributed by atoms with van der Waals surface area (Å²) in [5.41, 5.74) is 2.58. The molecule has 0 fully saturated rings. The van der Waals surface area contributed by atoms with Gasteiger partial charge in [0.2, 0.25) is 0 Å². The SMILES string of the molecule is Cc1cc(C(=O)C(C)Cl)c(C)n1C(C)CS(C)=O. The number of alkyl halides is 1. The highest BCUT2D eigenvalue weighted by Crippen LogP contribution is 2.23. The van der Waals surface area contributed by atoms with Gasteiger partial charge in [-0.3, -0.25) is 9.00 Å². The number of ketones is 1. The molecule has 1 rings (SSSR count). The van der Waals surface area contributed by atoms with Crippen LogP contribution in [0.4, 0.5) is 0 Å². The third-order valence-corrected chi connectivity index (χ3v) is 4.18. The molecule has 0 aliphatic rings. The number of hydrogen-bond donors (Lipinski definition) is 0. The van der Waals surface area contributed by atoms with Crippen LogP contribution in [0.15, 0.2) is 6.07 Å². The predicted molar refractivity (Wildman–Crippen MR) is 77.2 cm³/mol. The van der Waals surface area contributed by atoms with Gasteiger partial charge in [-0.2, -0.15) is 0 Å². The second-order valence-electron chi connectivity index (χ2n) is 4.72. The van der Waals surface area contributed by atoms with Gasteiger partial charge in [-0.05, 0) is 33.8 Å². The number of rotatable bonds is 5. The van der Waals surface area contributed by atoms with Crippen LogP contribution in [-0.2, 0) is 10.8 Å². The molecule has 0 aromatic carbocycles. The van der Waals surface area contributed by atoms with Crippen LogP contribution in [0.2, 0.25) is 0 Å². The highest BCUT2D eigenvalue weighted by molar-refractivity contribution is 7.84. The molecule has 0 saturated carbocycles. The van der Waals surface area contributed by atoms with Crippen molar-refractivity contribution in [3.05, 3.63) is 23.0 Å². The molecule has 1 aromatic heterocycles. The first kappa shape index (κ1) is 15.4. The molecular formula is C13H20ClNO2S. The number of Topliss-reactive ketones (excluding diaryl/α,β-unsaturated/α-hetero) is 1. The molecule has 0 aliphatic heterocycles. The molecule has 18 heavy (non-hydrogen) atoms. The smallest absolute Gasteiger partial charge is 0.182 e. The molecule has 3 nitrogen and oxygen atoms in total. The Labute approximate surface area is 116 Å². The fraction of sp³-hybridized carbons (Fsp3) is 0.615. The number of hydrogen-bond acceptors (Lipinski definition) is 2. The van der Waals surface area contributed by atoms with E-state index in [9.17, 15) is 9.00 Å². The van der Waals surface area contributed by atoms with Gasteiger partial charge in [0.05, 0.1) is 5.38 Å². The fourth-order valence-corrected chi connectivity index (χ4v) is 3.28. The average Bonchev–Trinajstić information content (AvgIpc) is 2.51. The highest BCUT2D eigenvalue weighted by atomic mass is 35.5. The van der Waals surface area contributed by atoms with Gasteiger partial charge in [-0.1, -0.05) is 0 Å². The molecule has 0 radical (unpaired) electrons. The van der Waals surface area contributed by atoms with Crippen LogP contribution in [-0.4, -0.2) is 31.9 Å². The van der Waals surface area contributed by atoms with Crippen molar-refractivity contribution in [2.75, 3.05) is 12.0 Å². The summed E-state index contributed by atoms with van der Waals surface area (Å²) in [6.07, 6.45) is 1.69. The number of halogens is 1. The lowest BCUT2D eigenvalue weighted by molar-refractivity contribution is 0.0991. The molecule has 1 aromatic rings. The van der Waals surface area contributed by atoms with Crippen LogP contribution in [0.3, 0.4) is 0 Å². The van der Waals surface area contributed by atoms with Crippen LogP contribution >= 0.6 is 11.6 Å². The normalized spacial score (nSPS) is 16.3. The Hall–Kier alpha value is -0.610. The second kappa shape index (κ2) is 6.02. The first-order valence-electron chi connectivity index (χ1n) is 5.92. The molecule has 102 valence electrons. The molecule has 3 atom stereocenters. The lowest BCUT2D eigenvalue weighted by Crippen LogP contribution is -2.17. The summed E-state index contributed by atoms with van der Waals surface area (Å²) in [6, 6.07) is 1.98. The fourth-order valence-electron chi connectivity index (χ4n) is 2.33. The zero-order valence-electron chi connectivity index (χ0n) is 11.5. The summed E-state index contributed by atoms with van der Waals surface area (Å²) in [7, 11) is -0.855. The number of aromatic nitrogens is 1. The van der Waals surface area contributed by atoms with Crippen LogP contribution in [0, 0.1) is 13.8 Å². The average molecular weight is 290 g/mol. The van der Waals surface area contributed by atoms with E-state index in [1.54, 1.807) is 13.2 Å². The molecule has 0 amide bonds. The minimum absolute atomic E-state index is 0.0548. The van der Waals surface area contributed by atoms with Gasteiger partial charge in [0, 0.05) is 45.8 Å².